The van der Waals surface area contributed by atoms with E-state index in [2.05, 4.69) is 100 Å². The number of hydrogen-bond donors (Lipinski definition) is 2. The van der Waals surface area contributed by atoms with Gasteiger partial charge >= 0.3 is 0 Å². The average molecular weight is 427 g/mol. The van der Waals surface area contributed by atoms with Crippen molar-refractivity contribution in [2.75, 3.05) is 26.2 Å². The van der Waals surface area contributed by atoms with Crippen molar-refractivity contribution in [2.45, 2.75) is 19.1 Å². The van der Waals surface area contributed by atoms with E-state index in [1.54, 1.807) is 9.80 Å². The molecule has 4 aromatic rings. The standard InChI is InChI=1S/C26H28N6/c1-4-10-22(11-5-1)20-32-25(27-28-29-32)21-30-16-18-31(19-17-30)26(23-12-6-2-7-13-23)24-14-8-3-9-15-24/h1-15,26H,16-21H2/p+2. The molecule has 1 aliphatic rings. The molecule has 1 aliphatic heterocycles. The summed E-state index contributed by atoms with van der Waals surface area (Å²) in [6.45, 7) is 6.08. The van der Waals surface area contributed by atoms with Crippen molar-refractivity contribution < 1.29 is 9.80 Å². The lowest BCUT2D eigenvalue weighted by atomic mass is 9.96. The maximum Gasteiger partial charge on any atom is 0.206 e. The molecule has 0 saturated carbocycles. The van der Waals surface area contributed by atoms with Gasteiger partial charge in [-0.3, -0.25) is 0 Å². The second kappa shape index (κ2) is 9.85. The van der Waals surface area contributed by atoms with Crippen LogP contribution in [0.25, 0.3) is 0 Å². The molecule has 0 bridgehead atoms. The minimum Gasteiger partial charge on any atom is -0.319 e. The third kappa shape index (κ3) is 4.77. The minimum absolute atomic E-state index is 0.377. The van der Waals surface area contributed by atoms with E-state index in [4.69, 9.17) is 0 Å². The Bertz CT molecular complexity index is 1050. The van der Waals surface area contributed by atoms with Crippen LogP contribution >= 0.6 is 0 Å². The first-order chi connectivity index (χ1) is 15.9. The molecule has 0 radical (unpaired) electrons. The Kier molecular flexibility index (Phi) is 6.32. The lowest BCUT2D eigenvalue weighted by molar-refractivity contribution is -1.03. The van der Waals surface area contributed by atoms with Crippen LogP contribution in [0.1, 0.15) is 28.6 Å². The molecule has 2 N–H and O–H groups in total. The number of benzene rings is 3. The van der Waals surface area contributed by atoms with E-state index in [0.717, 1.165) is 45.1 Å². The van der Waals surface area contributed by atoms with Gasteiger partial charge in [0.15, 0.2) is 0 Å². The summed E-state index contributed by atoms with van der Waals surface area (Å²) in [4.78, 5) is 3.19. The summed E-state index contributed by atoms with van der Waals surface area (Å²) < 4.78 is 1.94. The van der Waals surface area contributed by atoms with Crippen LogP contribution < -0.4 is 9.80 Å². The summed E-state index contributed by atoms with van der Waals surface area (Å²) >= 11 is 0. The highest BCUT2D eigenvalue weighted by Crippen LogP contribution is 2.18. The van der Waals surface area contributed by atoms with E-state index in [1.165, 1.54) is 16.7 Å². The van der Waals surface area contributed by atoms with Crippen LogP contribution in [0.2, 0.25) is 0 Å². The molecule has 6 nitrogen and oxygen atoms in total. The van der Waals surface area contributed by atoms with E-state index in [0.29, 0.717) is 6.04 Å². The van der Waals surface area contributed by atoms with Crippen molar-refractivity contribution in [3.8, 4) is 0 Å². The van der Waals surface area contributed by atoms with E-state index in [1.807, 2.05) is 10.7 Å². The van der Waals surface area contributed by atoms with Crippen LogP contribution in [0, 0.1) is 0 Å². The molecule has 162 valence electrons. The van der Waals surface area contributed by atoms with E-state index >= 15 is 0 Å². The van der Waals surface area contributed by atoms with Crippen LogP contribution in [0.5, 0.6) is 0 Å². The first-order valence-corrected chi connectivity index (χ1v) is 11.4. The summed E-state index contributed by atoms with van der Waals surface area (Å²) in [5.74, 6) is 0.968. The zero-order valence-corrected chi connectivity index (χ0v) is 18.3. The van der Waals surface area contributed by atoms with Gasteiger partial charge in [0, 0.05) is 11.1 Å². The number of nitrogens with one attached hydrogen (secondary N) is 2. The number of rotatable bonds is 7. The van der Waals surface area contributed by atoms with Gasteiger partial charge in [0.1, 0.15) is 38.8 Å². The Labute approximate surface area is 189 Å². The Morgan fingerprint density at radius 1 is 0.719 bits per heavy atom. The fraction of sp³-hybridized carbons (Fsp3) is 0.269. The fourth-order valence-electron chi connectivity index (χ4n) is 4.80. The maximum atomic E-state index is 4.33. The Hall–Kier alpha value is -3.35. The molecule has 5 rings (SSSR count). The fourth-order valence-corrected chi connectivity index (χ4v) is 4.80. The molecule has 6 heteroatoms. The minimum atomic E-state index is 0.377. The quantitative estimate of drug-likeness (QED) is 0.460. The van der Waals surface area contributed by atoms with Crippen LogP contribution in [-0.4, -0.2) is 46.4 Å². The van der Waals surface area contributed by atoms with Crippen molar-refractivity contribution in [3.05, 3.63) is 114 Å². The Morgan fingerprint density at radius 2 is 1.28 bits per heavy atom. The zero-order chi connectivity index (χ0) is 21.6. The summed E-state index contributed by atoms with van der Waals surface area (Å²) in [7, 11) is 0. The van der Waals surface area contributed by atoms with Gasteiger partial charge in [-0.1, -0.05) is 91.0 Å². The third-order valence-corrected chi connectivity index (χ3v) is 6.46. The first kappa shape index (κ1) is 20.5. The zero-order valence-electron chi connectivity index (χ0n) is 18.3. The summed E-state index contributed by atoms with van der Waals surface area (Å²) in [6, 6.07) is 32.6. The number of piperazine rings is 1. The van der Waals surface area contributed by atoms with E-state index in [9.17, 15) is 0 Å². The highest BCUT2D eigenvalue weighted by molar-refractivity contribution is 5.29. The van der Waals surface area contributed by atoms with Gasteiger partial charge in [0.25, 0.3) is 0 Å². The molecule has 2 heterocycles. The van der Waals surface area contributed by atoms with Crippen LogP contribution in [0.15, 0.2) is 91.0 Å². The van der Waals surface area contributed by atoms with Gasteiger partial charge in [-0.25, -0.2) is 4.68 Å². The maximum absolute atomic E-state index is 4.33. The molecule has 1 aromatic heterocycles. The van der Waals surface area contributed by atoms with Crippen molar-refractivity contribution in [2.24, 2.45) is 0 Å². The predicted octanol–water partition coefficient (Wildman–Crippen LogP) is 0.794. The predicted molar refractivity (Wildman–Crippen MR) is 123 cm³/mol. The Morgan fingerprint density at radius 3 is 1.88 bits per heavy atom. The first-order valence-electron chi connectivity index (χ1n) is 11.4. The lowest BCUT2D eigenvalue weighted by Crippen LogP contribution is -3.27. The van der Waals surface area contributed by atoms with Crippen molar-refractivity contribution in [1.82, 2.24) is 20.2 Å². The molecule has 0 amide bonds. The monoisotopic (exact) mass is 426 g/mol. The summed E-state index contributed by atoms with van der Waals surface area (Å²) in [6.07, 6.45) is 0. The largest absolute Gasteiger partial charge is 0.319 e. The van der Waals surface area contributed by atoms with Gasteiger partial charge in [-0.2, -0.15) is 0 Å². The van der Waals surface area contributed by atoms with Gasteiger partial charge < -0.3 is 9.80 Å². The smallest absolute Gasteiger partial charge is 0.206 e. The lowest BCUT2D eigenvalue weighted by Gasteiger charge is -2.35. The highest BCUT2D eigenvalue weighted by atomic mass is 15.5. The normalized spacial score (nSPS) is 18.7. The number of aromatic nitrogens is 4. The second-order valence-electron chi connectivity index (χ2n) is 8.58. The van der Waals surface area contributed by atoms with Gasteiger partial charge in [-0.15, -0.1) is 5.10 Å². The Balaban J connectivity index is 1.26. The molecule has 1 saturated heterocycles. The average Bonchev–Trinajstić information content (AvgIpc) is 3.29. The summed E-state index contributed by atoms with van der Waals surface area (Å²) in [5.41, 5.74) is 4.01. The van der Waals surface area contributed by atoms with Crippen LogP contribution in [0.4, 0.5) is 0 Å². The molecule has 0 spiro atoms. The molecular weight excluding hydrogens is 396 g/mol. The van der Waals surface area contributed by atoms with Crippen molar-refractivity contribution in [3.63, 3.8) is 0 Å². The highest BCUT2D eigenvalue weighted by Gasteiger charge is 2.32. The SMILES string of the molecule is c1ccc(Cn2nnnc2C[NH+]2CC[NH+](C(c3ccccc3)c3ccccc3)CC2)cc1. The van der Waals surface area contributed by atoms with Gasteiger partial charge in [0.2, 0.25) is 5.82 Å². The molecule has 0 aliphatic carbocycles. The van der Waals surface area contributed by atoms with Crippen molar-refractivity contribution >= 4 is 0 Å². The van der Waals surface area contributed by atoms with Gasteiger partial charge in [0.05, 0.1) is 6.54 Å². The van der Waals surface area contributed by atoms with E-state index < -0.39 is 0 Å². The van der Waals surface area contributed by atoms with Crippen LogP contribution in [0.3, 0.4) is 0 Å². The van der Waals surface area contributed by atoms with E-state index in [-0.39, 0.29) is 0 Å². The molecule has 32 heavy (non-hydrogen) atoms. The van der Waals surface area contributed by atoms with Crippen LogP contribution in [-0.2, 0) is 13.1 Å². The van der Waals surface area contributed by atoms with Crippen molar-refractivity contribution in [1.29, 1.82) is 0 Å². The molecule has 1 fully saturated rings. The van der Waals surface area contributed by atoms with Gasteiger partial charge in [-0.05, 0) is 16.0 Å². The summed E-state index contributed by atoms with van der Waals surface area (Å²) in [5, 5.41) is 12.5. The number of quaternary nitrogens is 2. The second-order valence-corrected chi connectivity index (χ2v) is 8.58. The molecule has 0 unspecified atom stereocenters. The number of hydrogen-bond acceptors (Lipinski definition) is 3. The number of nitrogens with zero attached hydrogens (tertiary/aromatic N) is 4. The molecular formula is C26H30N6+2. The molecule has 0 atom stereocenters. The third-order valence-electron chi connectivity index (χ3n) is 6.46. The molecule has 3 aromatic carbocycles. The number of tetrazole rings is 1. The topological polar surface area (TPSA) is 52.5 Å².